The highest BCUT2D eigenvalue weighted by Gasteiger charge is 2.52. The maximum absolute atomic E-state index is 12.9. The molecule has 0 saturated carbocycles. The number of thioether (sulfide) groups is 1. The molecular weight excluding hydrogens is 516 g/mol. The van der Waals surface area contributed by atoms with Crippen LogP contribution >= 0.6 is 39.0 Å². The number of benzene rings is 2. The van der Waals surface area contributed by atoms with E-state index in [4.69, 9.17) is 0 Å². The lowest BCUT2D eigenvalue weighted by molar-refractivity contribution is -0.144. The van der Waals surface area contributed by atoms with Crippen molar-refractivity contribution < 1.29 is 9.59 Å². The van der Waals surface area contributed by atoms with Crippen molar-refractivity contribution in [1.82, 2.24) is 10.2 Å². The number of halogens is 1. The molecule has 0 aliphatic carbocycles. The van der Waals surface area contributed by atoms with Crippen molar-refractivity contribution in [2.75, 3.05) is 5.33 Å². The van der Waals surface area contributed by atoms with Crippen LogP contribution in [0.3, 0.4) is 0 Å². The number of rotatable bonds is 7. The number of β-lactam (4-membered cyclic amide) rings is 1. The zero-order valence-corrected chi connectivity index (χ0v) is 21.0. The van der Waals surface area contributed by atoms with Crippen LogP contribution in [0.25, 0.3) is 0 Å². The van der Waals surface area contributed by atoms with Gasteiger partial charge in [0.05, 0.1) is 6.42 Å². The minimum atomic E-state index is -0.495. The van der Waals surface area contributed by atoms with Gasteiger partial charge in [-0.3, -0.25) is 9.59 Å². The van der Waals surface area contributed by atoms with E-state index in [9.17, 15) is 9.59 Å². The first-order valence-electron chi connectivity index (χ1n) is 10.8. The number of hydrogen-bond donors (Lipinski definition) is 1. The molecule has 2 aliphatic rings. The second-order valence-corrected chi connectivity index (χ2v) is 11.0. The summed E-state index contributed by atoms with van der Waals surface area (Å²) < 4.78 is 0. The Morgan fingerprint density at radius 3 is 2.24 bits per heavy atom. The number of alkyl halides is 1. The van der Waals surface area contributed by atoms with Gasteiger partial charge in [-0.1, -0.05) is 82.7 Å². The SMILES string of the molecule is O=C(Cc1cccs1)N[C@@H]1C(=O)N2C=C(CBr)C(C(c3ccccc3)c3ccccc3)S[C@H]12. The molecular formula is C26H23BrN2O2S2. The summed E-state index contributed by atoms with van der Waals surface area (Å²) in [5.74, 6) is -0.00744. The Morgan fingerprint density at radius 2 is 1.67 bits per heavy atom. The maximum atomic E-state index is 12.9. The van der Waals surface area contributed by atoms with Crippen LogP contribution in [0.5, 0.6) is 0 Å². The summed E-state index contributed by atoms with van der Waals surface area (Å²) in [6.07, 6.45) is 2.30. The third-order valence-electron chi connectivity index (χ3n) is 6.04. The van der Waals surface area contributed by atoms with Gasteiger partial charge < -0.3 is 10.2 Å². The second-order valence-electron chi connectivity index (χ2n) is 8.13. The molecule has 1 unspecified atom stereocenters. The number of nitrogens with one attached hydrogen (secondary N) is 1. The predicted molar refractivity (Wildman–Crippen MR) is 139 cm³/mol. The molecule has 3 aromatic rings. The number of fused-ring (bicyclic) bond motifs is 1. The molecule has 3 heterocycles. The predicted octanol–water partition coefficient (Wildman–Crippen LogP) is 5.17. The smallest absolute Gasteiger partial charge is 0.253 e. The summed E-state index contributed by atoms with van der Waals surface area (Å²) >= 11 is 6.98. The molecule has 2 aromatic carbocycles. The summed E-state index contributed by atoms with van der Waals surface area (Å²) in [6.45, 7) is 0. The summed E-state index contributed by atoms with van der Waals surface area (Å²) in [5, 5.41) is 5.67. The fourth-order valence-corrected chi connectivity index (χ4v) is 7.59. The van der Waals surface area contributed by atoms with Crippen LogP contribution in [0.1, 0.15) is 21.9 Å². The fourth-order valence-electron chi connectivity index (χ4n) is 4.45. The number of thiophene rings is 1. The van der Waals surface area contributed by atoms with E-state index in [2.05, 4.69) is 69.8 Å². The molecule has 1 saturated heterocycles. The van der Waals surface area contributed by atoms with Crippen molar-refractivity contribution in [2.24, 2.45) is 0 Å². The van der Waals surface area contributed by atoms with Gasteiger partial charge in [0.2, 0.25) is 5.91 Å². The molecule has 0 bridgehead atoms. The van der Waals surface area contributed by atoms with Crippen LogP contribution in [-0.4, -0.2) is 38.7 Å². The molecule has 2 aliphatic heterocycles. The Balaban J connectivity index is 1.42. The van der Waals surface area contributed by atoms with Crippen LogP contribution in [0.15, 0.2) is 89.9 Å². The van der Waals surface area contributed by atoms with Crippen LogP contribution in [0, 0.1) is 0 Å². The summed E-state index contributed by atoms with van der Waals surface area (Å²) in [5.41, 5.74) is 3.65. The van der Waals surface area contributed by atoms with Gasteiger partial charge in [-0.25, -0.2) is 0 Å². The van der Waals surface area contributed by atoms with Gasteiger partial charge in [-0.2, -0.15) is 0 Å². The molecule has 1 fully saturated rings. The number of carbonyl (C=O) groups excluding carboxylic acids is 2. The number of carbonyl (C=O) groups is 2. The first-order valence-corrected chi connectivity index (χ1v) is 13.8. The van der Waals surface area contributed by atoms with Crippen LogP contribution in [0.2, 0.25) is 0 Å². The van der Waals surface area contributed by atoms with Crippen LogP contribution in [-0.2, 0) is 16.0 Å². The highest BCUT2D eigenvalue weighted by atomic mass is 79.9. The van der Waals surface area contributed by atoms with Gasteiger partial charge in [0.1, 0.15) is 11.4 Å². The zero-order chi connectivity index (χ0) is 22.8. The average Bonchev–Trinajstić information content (AvgIpc) is 3.36. The van der Waals surface area contributed by atoms with Gasteiger partial charge in [-0.05, 0) is 28.1 Å². The largest absolute Gasteiger partial charge is 0.341 e. The van der Waals surface area contributed by atoms with Crippen molar-refractivity contribution in [3.63, 3.8) is 0 Å². The quantitative estimate of drug-likeness (QED) is 0.333. The van der Waals surface area contributed by atoms with E-state index < -0.39 is 6.04 Å². The molecule has 3 atom stereocenters. The Morgan fingerprint density at radius 1 is 1.00 bits per heavy atom. The lowest BCUT2D eigenvalue weighted by Gasteiger charge is -2.50. The van der Waals surface area contributed by atoms with E-state index in [1.165, 1.54) is 16.7 Å². The Hall–Kier alpha value is -2.35. The van der Waals surface area contributed by atoms with Gasteiger partial charge >= 0.3 is 0 Å². The summed E-state index contributed by atoms with van der Waals surface area (Å²) in [4.78, 5) is 28.2. The molecule has 33 heavy (non-hydrogen) atoms. The fraction of sp³-hybridized carbons (Fsp3) is 0.231. The molecule has 0 spiro atoms. The van der Waals surface area contributed by atoms with Crippen molar-refractivity contribution in [1.29, 1.82) is 0 Å². The molecule has 7 heteroatoms. The van der Waals surface area contributed by atoms with E-state index >= 15 is 0 Å². The second kappa shape index (κ2) is 9.87. The first-order chi connectivity index (χ1) is 16.2. The Labute approximate surface area is 210 Å². The van der Waals surface area contributed by atoms with Gasteiger partial charge in [-0.15, -0.1) is 23.1 Å². The molecule has 0 radical (unpaired) electrons. The third-order valence-corrected chi connectivity index (χ3v) is 9.21. The van der Waals surface area contributed by atoms with Gasteiger partial charge in [0.25, 0.3) is 5.91 Å². The van der Waals surface area contributed by atoms with Crippen molar-refractivity contribution in [2.45, 2.75) is 29.0 Å². The Kier molecular flexibility index (Phi) is 6.71. The minimum Gasteiger partial charge on any atom is -0.341 e. The van der Waals surface area contributed by atoms with E-state index in [0.29, 0.717) is 11.8 Å². The lowest BCUT2D eigenvalue weighted by Crippen LogP contribution is -2.69. The lowest BCUT2D eigenvalue weighted by atomic mass is 9.85. The van der Waals surface area contributed by atoms with E-state index in [1.54, 1.807) is 28.0 Å². The third kappa shape index (κ3) is 4.54. The molecule has 1 aromatic heterocycles. The molecule has 168 valence electrons. The number of nitrogens with zero attached hydrogens (tertiary/aromatic N) is 1. The number of hydrogen-bond acceptors (Lipinski definition) is 4. The first kappa shape index (κ1) is 22.4. The maximum Gasteiger partial charge on any atom is 0.253 e. The highest BCUT2D eigenvalue weighted by Crippen LogP contribution is 2.48. The molecule has 5 rings (SSSR count). The highest BCUT2D eigenvalue weighted by molar-refractivity contribution is 9.09. The minimum absolute atomic E-state index is 0.0418. The molecule has 1 N–H and O–H groups in total. The number of amides is 2. The van der Waals surface area contributed by atoms with Gasteiger partial charge in [0, 0.05) is 27.6 Å². The van der Waals surface area contributed by atoms with Gasteiger partial charge in [0.15, 0.2) is 0 Å². The molecule has 4 nitrogen and oxygen atoms in total. The van der Waals surface area contributed by atoms with Crippen molar-refractivity contribution in [3.05, 3.63) is 106 Å². The molecule has 2 amide bonds. The van der Waals surface area contributed by atoms with Crippen LogP contribution in [0.4, 0.5) is 0 Å². The zero-order valence-electron chi connectivity index (χ0n) is 17.8. The van der Waals surface area contributed by atoms with Crippen molar-refractivity contribution >= 4 is 50.8 Å². The monoisotopic (exact) mass is 538 g/mol. The average molecular weight is 540 g/mol. The standard InChI is InChI=1S/C26H23BrN2O2S2/c27-15-19-16-29-25(31)23(28-21(30)14-20-12-7-13-32-20)26(29)33-24(19)22(17-8-3-1-4-9-17)18-10-5-2-6-11-18/h1-13,16,22-24,26H,14-15H2,(H,28,30)/t23-,24?,26-/m1/s1. The van der Waals surface area contributed by atoms with E-state index in [-0.39, 0.29) is 28.4 Å². The summed E-state index contributed by atoms with van der Waals surface area (Å²) in [6, 6.07) is 24.4. The van der Waals surface area contributed by atoms with E-state index in [0.717, 1.165) is 4.88 Å². The Bertz CT molecular complexity index is 1110. The normalized spacial score (nSPS) is 21.9. The summed E-state index contributed by atoms with van der Waals surface area (Å²) in [7, 11) is 0. The van der Waals surface area contributed by atoms with Crippen LogP contribution < -0.4 is 5.32 Å². The van der Waals surface area contributed by atoms with Crippen molar-refractivity contribution in [3.8, 4) is 0 Å². The van der Waals surface area contributed by atoms with E-state index in [1.807, 2.05) is 35.8 Å². The topological polar surface area (TPSA) is 49.4 Å².